The van der Waals surface area contributed by atoms with Crippen LogP contribution in [0.15, 0.2) is 36.4 Å². The van der Waals surface area contributed by atoms with Crippen LogP contribution in [0.2, 0.25) is 0 Å². The fraction of sp³-hybridized carbons (Fsp3) is 0.481. The summed E-state index contributed by atoms with van der Waals surface area (Å²) in [6.07, 6.45) is -2.81. The molecule has 2 aliphatic heterocycles. The molecule has 37 heavy (non-hydrogen) atoms. The third-order valence-corrected chi connectivity index (χ3v) is 7.05. The van der Waals surface area contributed by atoms with Crippen molar-refractivity contribution in [1.29, 1.82) is 0 Å². The van der Waals surface area contributed by atoms with Crippen molar-refractivity contribution in [2.24, 2.45) is 5.92 Å². The molecule has 0 aromatic heterocycles. The van der Waals surface area contributed by atoms with E-state index in [0.29, 0.717) is 19.4 Å². The quantitative estimate of drug-likeness (QED) is 0.373. The Morgan fingerprint density at radius 3 is 2.32 bits per heavy atom. The second-order valence-electron chi connectivity index (χ2n) is 9.33. The van der Waals surface area contributed by atoms with Crippen LogP contribution in [0.5, 0.6) is 5.75 Å². The SMILES string of the molecule is CCC(C)C(=O)N1CCCC2(C(=O)OC)c3c(F)ccc(F)c3OCC12.Cc1ccc(C(F)(F)F)cc1. The number of esters is 1. The van der Waals surface area contributed by atoms with Gasteiger partial charge in [0.15, 0.2) is 11.6 Å². The summed E-state index contributed by atoms with van der Waals surface area (Å²) in [5, 5.41) is 0. The van der Waals surface area contributed by atoms with Crippen LogP contribution < -0.4 is 4.74 Å². The zero-order chi connectivity index (χ0) is 27.5. The van der Waals surface area contributed by atoms with E-state index in [1.54, 1.807) is 11.8 Å². The number of fused-ring (bicyclic) bond motifs is 3. The molecule has 2 aliphatic rings. The van der Waals surface area contributed by atoms with Gasteiger partial charge in [0.2, 0.25) is 5.91 Å². The summed E-state index contributed by atoms with van der Waals surface area (Å²) in [5.41, 5.74) is -1.36. The number of piperidine rings is 1. The predicted molar refractivity (Wildman–Crippen MR) is 126 cm³/mol. The van der Waals surface area contributed by atoms with Gasteiger partial charge in [-0.1, -0.05) is 31.5 Å². The summed E-state index contributed by atoms with van der Waals surface area (Å²) >= 11 is 0. The molecule has 0 bridgehead atoms. The lowest BCUT2D eigenvalue weighted by atomic mass is 9.66. The predicted octanol–water partition coefficient (Wildman–Crippen LogP) is 5.82. The summed E-state index contributed by atoms with van der Waals surface area (Å²) in [7, 11) is 1.22. The van der Waals surface area contributed by atoms with Gasteiger partial charge >= 0.3 is 12.1 Å². The van der Waals surface area contributed by atoms with Crippen molar-refractivity contribution in [2.75, 3.05) is 20.3 Å². The van der Waals surface area contributed by atoms with E-state index in [4.69, 9.17) is 9.47 Å². The molecule has 0 saturated carbocycles. The number of amides is 1. The van der Waals surface area contributed by atoms with Gasteiger partial charge in [-0.2, -0.15) is 13.2 Å². The van der Waals surface area contributed by atoms with E-state index in [9.17, 15) is 31.5 Å². The summed E-state index contributed by atoms with van der Waals surface area (Å²) < 4.78 is 75.3. The summed E-state index contributed by atoms with van der Waals surface area (Å²) in [4.78, 5) is 27.3. The molecular weight excluding hydrogens is 497 g/mol. The van der Waals surface area contributed by atoms with Gasteiger partial charge in [-0.05, 0) is 50.5 Å². The van der Waals surface area contributed by atoms with E-state index >= 15 is 0 Å². The Morgan fingerprint density at radius 1 is 1.14 bits per heavy atom. The number of alkyl halides is 3. The van der Waals surface area contributed by atoms with E-state index in [-0.39, 0.29) is 36.2 Å². The highest BCUT2D eigenvalue weighted by atomic mass is 19.4. The van der Waals surface area contributed by atoms with Crippen molar-refractivity contribution in [2.45, 2.75) is 57.7 Å². The Morgan fingerprint density at radius 2 is 1.76 bits per heavy atom. The number of hydrogen-bond acceptors (Lipinski definition) is 4. The van der Waals surface area contributed by atoms with Crippen LogP contribution in [0.25, 0.3) is 0 Å². The number of hydrogen-bond donors (Lipinski definition) is 0. The monoisotopic (exact) mass is 527 g/mol. The zero-order valence-corrected chi connectivity index (χ0v) is 21.1. The average molecular weight is 528 g/mol. The molecule has 4 rings (SSSR count). The Balaban J connectivity index is 0.000000289. The number of methoxy groups -OCH3 is 1. The molecule has 2 aromatic rings. The number of aryl methyl sites for hydroxylation is 1. The van der Waals surface area contributed by atoms with Crippen LogP contribution in [0, 0.1) is 24.5 Å². The topological polar surface area (TPSA) is 55.8 Å². The number of halogens is 5. The van der Waals surface area contributed by atoms with Gasteiger partial charge in [0.05, 0.1) is 24.3 Å². The van der Waals surface area contributed by atoms with Crippen LogP contribution >= 0.6 is 0 Å². The molecule has 1 saturated heterocycles. The van der Waals surface area contributed by atoms with Gasteiger partial charge in [-0.3, -0.25) is 9.59 Å². The van der Waals surface area contributed by atoms with Gasteiger partial charge < -0.3 is 14.4 Å². The van der Waals surface area contributed by atoms with E-state index in [1.807, 2.05) is 13.8 Å². The van der Waals surface area contributed by atoms with Gasteiger partial charge in [-0.25, -0.2) is 8.78 Å². The summed E-state index contributed by atoms with van der Waals surface area (Å²) in [6.45, 7) is 5.84. The van der Waals surface area contributed by atoms with Crippen molar-refractivity contribution in [3.63, 3.8) is 0 Å². The van der Waals surface area contributed by atoms with E-state index < -0.39 is 40.8 Å². The number of carbonyl (C=O) groups is 2. The lowest BCUT2D eigenvalue weighted by Crippen LogP contribution is -2.65. The van der Waals surface area contributed by atoms with Crippen molar-refractivity contribution < 1.29 is 41.0 Å². The maximum Gasteiger partial charge on any atom is 0.416 e. The van der Waals surface area contributed by atoms with Gasteiger partial charge in [0.1, 0.15) is 17.8 Å². The third kappa shape index (κ3) is 5.43. The highest BCUT2D eigenvalue weighted by Crippen LogP contribution is 2.49. The summed E-state index contributed by atoms with van der Waals surface area (Å²) in [5.74, 6) is -2.73. The molecule has 0 radical (unpaired) electrons. The maximum atomic E-state index is 14.8. The molecule has 1 amide bonds. The van der Waals surface area contributed by atoms with E-state index in [0.717, 1.165) is 29.8 Å². The van der Waals surface area contributed by atoms with Crippen molar-refractivity contribution in [3.8, 4) is 5.75 Å². The molecule has 0 N–H and O–H groups in total. The van der Waals surface area contributed by atoms with Gasteiger partial charge in [0, 0.05) is 12.5 Å². The van der Waals surface area contributed by atoms with Gasteiger partial charge in [0.25, 0.3) is 0 Å². The molecule has 3 atom stereocenters. The van der Waals surface area contributed by atoms with Crippen molar-refractivity contribution in [3.05, 3.63) is 64.7 Å². The molecule has 3 unspecified atom stereocenters. The second kappa shape index (κ2) is 11.1. The minimum atomic E-state index is -4.21. The molecule has 0 aliphatic carbocycles. The number of benzene rings is 2. The minimum Gasteiger partial charge on any atom is -0.488 e. The standard InChI is InChI=1S/C19H23F2NO4.C8H7F3/c1-4-11(2)17(23)22-9-5-8-19(18(24)25-3)14(22)10-26-16-13(21)7-6-12(20)15(16)19;1-6-2-4-7(5-3-6)8(9,10)11/h6-7,11,14H,4-5,8-10H2,1-3H3;2-5H,1H3. The normalized spacial score (nSPS) is 21.4. The first-order valence-electron chi connectivity index (χ1n) is 12.0. The smallest absolute Gasteiger partial charge is 0.416 e. The minimum absolute atomic E-state index is 0.0787. The number of rotatable bonds is 3. The molecule has 10 heteroatoms. The van der Waals surface area contributed by atoms with Crippen LogP contribution in [-0.4, -0.2) is 43.1 Å². The molecule has 0 spiro atoms. The Hall–Kier alpha value is -3.17. The number of likely N-dealkylation sites (tertiary alicyclic amines) is 1. The molecule has 2 aromatic carbocycles. The lowest BCUT2D eigenvalue weighted by molar-refractivity contribution is -0.160. The first-order chi connectivity index (χ1) is 17.4. The Bertz CT molecular complexity index is 1130. The molecular formula is C27H30F5NO4. The van der Waals surface area contributed by atoms with Crippen LogP contribution in [-0.2, 0) is 25.9 Å². The van der Waals surface area contributed by atoms with Crippen molar-refractivity contribution >= 4 is 11.9 Å². The number of carbonyl (C=O) groups excluding carboxylic acids is 2. The van der Waals surface area contributed by atoms with Gasteiger partial charge in [-0.15, -0.1) is 0 Å². The largest absolute Gasteiger partial charge is 0.488 e. The fourth-order valence-corrected chi connectivity index (χ4v) is 4.88. The third-order valence-electron chi connectivity index (χ3n) is 7.05. The lowest BCUT2D eigenvalue weighted by Gasteiger charge is -2.51. The highest BCUT2D eigenvalue weighted by molar-refractivity contribution is 5.88. The zero-order valence-electron chi connectivity index (χ0n) is 21.1. The van der Waals surface area contributed by atoms with Crippen LogP contribution in [0.4, 0.5) is 22.0 Å². The second-order valence-corrected chi connectivity index (χ2v) is 9.33. The Kier molecular flexibility index (Phi) is 8.49. The maximum absolute atomic E-state index is 14.8. The molecule has 1 fully saturated rings. The van der Waals surface area contributed by atoms with E-state index in [1.165, 1.54) is 19.2 Å². The molecule has 202 valence electrons. The highest BCUT2D eigenvalue weighted by Gasteiger charge is 2.59. The van der Waals surface area contributed by atoms with Crippen molar-refractivity contribution in [1.82, 2.24) is 4.90 Å². The molecule has 5 nitrogen and oxygen atoms in total. The van der Waals surface area contributed by atoms with Crippen LogP contribution in [0.3, 0.4) is 0 Å². The Labute approximate surface area is 212 Å². The average Bonchev–Trinajstić information content (AvgIpc) is 2.88. The summed E-state index contributed by atoms with van der Waals surface area (Å²) in [6, 6.07) is 6.29. The first kappa shape index (κ1) is 28.4. The van der Waals surface area contributed by atoms with Crippen LogP contribution in [0.1, 0.15) is 49.8 Å². The fourth-order valence-electron chi connectivity index (χ4n) is 4.88. The first-order valence-corrected chi connectivity index (χ1v) is 12.0. The van der Waals surface area contributed by atoms with E-state index in [2.05, 4.69) is 0 Å². The molecule has 2 heterocycles. The number of nitrogens with zero attached hydrogens (tertiary/aromatic N) is 1. The number of ether oxygens (including phenoxy) is 2.